The summed E-state index contributed by atoms with van der Waals surface area (Å²) >= 11 is 5.92. The standard InChI is InChI=1S/C18H17ClO6/c1-22-16-8-7-12(9-17(16)23-2)14(20)10-25-18(21)11-24-15-6-4-3-5-13(15)19/h3-9H,10-11H2,1-2H3. The Hall–Kier alpha value is -2.73. The Morgan fingerprint density at radius 1 is 0.920 bits per heavy atom. The summed E-state index contributed by atoms with van der Waals surface area (Å²) in [4.78, 5) is 23.8. The first kappa shape index (κ1) is 18.6. The largest absolute Gasteiger partial charge is 0.493 e. The molecule has 0 spiro atoms. The second-order valence-electron chi connectivity index (χ2n) is 4.87. The van der Waals surface area contributed by atoms with Crippen molar-refractivity contribution in [3.63, 3.8) is 0 Å². The summed E-state index contributed by atoms with van der Waals surface area (Å²) in [6.07, 6.45) is 0. The first-order chi connectivity index (χ1) is 12.0. The lowest BCUT2D eigenvalue weighted by molar-refractivity contribution is -0.144. The predicted octanol–water partition coefficient (Wildman–Crippen LogP) is 3.16. The number of ether oxygens (including phenoxy) is 4. The van der Waals surface area contributed by atoms with Crippen molar-refractivity contribution in [1.82, 2.24) is 0 Å². The molecule has 132 valence electrons. The molecule has 0 unspecified atom stereocenters. The van der Waals surface area contributed by atoms with Crippen molar-refractivity contribution >= 4 is 23.4 Å². The molecule has 2 aromatic rings. The van der Waals surface area contributed by atoms with E-state index in [1.807, 2.05) is 0 Å². The zero-order chi connectivity index (χ0) is 18.2. The maximum atomic E-state index is 12.1. The van der Waals surface area contributed by atoms with Gasteiger partial charge in [0, 0.05) is 5.56 Å². The minimum absolute atomic E-state index is 0.344. The highest BCUT2D eigenvalue weighted by Gasteiger charge is 2.14. The van der Waals surface area contributed by atoms with Crippen molar-refractivity contribution in [2.45, 2.75) is 0 Å². The van der Waals surface area contributed by atoms with Crippen LogP contribution in [0, 0.1) is 0 Å². The predicted molar refractivity (Wildman–Crippen MR) is 91.8 cm³/mol. The monoisotopic (exact) mass is 364 g/mol. The first-order valence-corrected chi connectivity index (χ1v) is 7.71. The van der Waals surface area contributed by atoms with Gasteiger partial charge in [-0.15, -0.1) is 0 Å². The molecule has 0 aromatic heterocycles. The van der Waals surface area contributed by atoms with E-state index in [0.717, 1.165) is 0 Å². The number of carbonyl (C=O) groups excluding carboxylic acids is 2. The Morgan fingerprint density at radius 2 is 1.64 bits per heavy atom. The number of hydrogen-bond donors (Lipinski definition) is 0. The molecule has 2 rings (SSSR count). The van der Waals surface area contributed by atoms with Crippen LogP contribution in [-0.4, -0.2) is 39.2 Å². The van der Waals surface area contributed by atoms with Gasteiger partial charge in [0.25, 0.3) is 0 Å². The summed E-state index contributed by atoms with van der Waals surface area (Å²) < 4.78 is 20.4. The minimum Gasteiger partial charge on any atom is -0.493 e. The number of ketones is 1. The minimum atomic E-state index is -0.672. The quantitative estimate of drug-likeness (QED) is 0.529. The number of rotatable bonds is 8. The maximum Gasteiger partial charge on any atom is 0.344 e. The lowest BCUT2D eigenvalue weighted by Gasteiger charge is -2.10. The molecule has 0 heterocycles. The van der Waals surface area contributed by atoms with E-state index in [2.05, 4.69) is 0 Å². The smallest absolute Gasteiger partial charge is 0.344 e. The number of benzene rings is 2. The number of halogens is 1. The molecule has 0 aliphatic rings. The molecule has 0 atom stereocenters. The number of methoxy groups -OCH3 is 2. The van der Waals surface area contributed by atoms with E-state index in [4.69, 9.17) is 30.5 Å². The third-order valence-electron chi connectivity index (χ3n) is 3.25. The number of Topliss-reactive ketones (excluding diaryl/α,β-unsaturated/α-hetero) is 1. The average molecular weight is 365 g/mol. The lowest BCUT2D eigenvalue weighted by atomic mass is 10.1. The first-order valence-electron chi connectivity index (χ1n) is 7.33. The van der Waals surface area contributed by atoms with Crippen LogP contribution in [0.25, 0.3) is 0 Å². The van der Waals surface area contributed by atoms with Crippen molar-refractivity contribution in [1.29, 1.82) is 0 Å². The summed E-state index contributed by atoms with van der Waals surface area (Å²) in [5.41, 5.74) is 0.345. The molecule has 0 fully saturated rings. The molecule has 0 amide bonds. The SMILES string of the molecule is COc1ccc(C(=O)COC(=O)COc2ccccc2Cl)cc1OC. The zero-order valence-corrected chi connectivity index (χ0v) is 14.5. The topological polar surface area (TPSA) is 71.1 Å². The van der Waals surface area contributed by atoms with Gasteiger partial charge in [0.2, 0.25) is 0 Å². The van der Waals surface area contributed by atoms with Crippen molar-refractivity contribution in [3.8, 4) is 17.2 Å². The highest BCUT2D eigenvalue weighted by molar-refractivity contribution is 6.32. The van der Waals surface area contributed by atoms with Crippen LogP contribution >= 0.6 is 11.6 Å². The van der Waals surface area contributed by atoms with Gasteiger partial charge >= 0.3 is 5.97 Å². The summed E-state index contributed by atoms with van der Waals surface area (Å²) in [5.74, 6) is 0.249. The van der Waals surface area contributed by atoms with Gasteiger partial charge in [-0.3, -0.25) is 4.79 Å². The van der Waals surface area contributed by atoms with Crippen molar-refractivity contribution in [2.24, 2.45) is 0 Å². The maximum absolute atomic E-state index is 12.1. The second kappa shape index (κ2) is 8.94. The van der Waals surface area contributed by atoms with E-state index < -0.39 is 12.6 Å². The number of esters is 1. The van der Waals surface area contributed by atoms with Crippen molar-refractivity contribution in [2.75, 3.05) is 27.4 Å². The van der Waals surface area contributed by atoms with Gasteiger partial charge in [0.05, 0.1) is 19.2 Å². The summed E-state index contributed by atoms with van der Waals surface area (Å²) in [6.45, 7) is -0.747. The Bertz CT molecular complexity index is 759. The van der Waals surface area contributed by atoms with E-state index >= 15 is 0 Å². The van der Waals surface area contributed by atoms with E-state index in [0.29, 0.717) is 27.8 Å². The van der Waals surface area contributed by atoms with E-state index in [9.17, 15) is 9.59 Å². The van der Waals surface area contributed by atoms with Crippen LogP contribution in [0.2, 0.25) is 5.02 Å². The third-order valence-corrected chi connectivity index (χ3v) is 3.56. The normalized spacial score (nSPS) is 10.0. The van der Waals surface area contributed by atoms with Crippen LogP contribution in [0.4, 0.5) is 0 Å². The van der Waals surface area contributed by atoms with Gasteiger partial charge < -0.3 is 18.9 Å². The fourth-order valence-electron chi connectivity index (χ4n) is 1.98. The van der Waals surface area contributed by atoms with Crippen molar-refractivity contribution in [3.05, 3.63) is 53.1 Å². The highest BCUT2D eigenvalue weighted by Crippen LogP contribution is 2.27. The van der Waals surface area contributed by atoms with Crippen LogP contribution in [-0.2, 0) is 9.53 Å². The van der Waals surface area contributed by atoms with E-state index in [1.165, 1.54) is 20.3 Å². The fourth-order valence-corrected chi connectivity index (χ4v) is 2.17. The molecule has 0 N–H and O–H groups in total. The van der Waals surface area contributed by atoms with Gasteiger partial charge in [-0.2, -0.15) is 0 Å². The van der Waals surface area contributed by atoms with Gasteiger partial charge in [0.1, 0.15) is 5.75 Å². The molecule has 0 radical (unpaired) electrons. The zero-order valence-electron chi connectivity index (χ0n) is 13.8. The Balaban J connectivity index is 1.87. The Kier molecular flexibility index (Phi) is 6.65. The summed E-state index contributed by atoms with van der Waals surface area (Å²) in [5, 5.41) is 0.386. The van der Waals surface area contributed by atoms with Crippen LogP contribution in [0.15, 0.2) is 42.5 Å². The van der Waals surface area contributed by atoms with Gasteiger partial charge in [0.15, 0.2) is 30.5 Å². The molecule has 2 aromatic carbocycles. The summed E-state index contributed by atoms with van der Waals surface area (Å²) in [7, 11) is 2.97. The third kappa shape index (κ3) is 5.12. The van der Waals surface area contributed by atoms with E-state index in [-0.39, 0.29) is 12.4 Å². The number of para-hydroxylation sites is 1. The van der Waals surface area contributed by atoms with Crippen LogP contribution in [0.3, 0.4) is 0 Å². The molecular formula is C18H17ClO6. The fraction of sp³-hybridized carbons (Fsp3) is 0.222. The van der Waals surface area contributed by atoms with Crippen LogP contribution < -0.4 is 14.2 Å². The Labute approximate surface area is 150 Å². The molecule has 25 heavy (non-hydrogen) atoms. The second-order valence-corrected chi connectivity index (χ2v) is 5.28. The molecule has 0 saturated heterocycles. The number of hydrogen-bond acceptors (Lipinski definition) is 6. The highest BCUT2D eigenvalue weighted by atomic mass is 35.5. The molecule has 0 bridgehead atoms. The average Bonchev–Trinajstić information content (AvgIpc) is 2.64. The van der Waals surface area contributed by atoms with Gasteiger partial charge in [-0.1, -0.05) is 23.7 Å². The van der Waals surface area contributed by atoms with E-state index in [1.54, 1.807) is 36.4 Å². The molecule has 7 heteroatoms. The molecular weight excluding hydrogens is 348 g/mol. The van der Waals surface area contributed by atoms with Gasteiger partial charge in [-0.25, -0.2) is 4.79 Å². The molecule has 0 saturated carbocycles. The lowest BCUT2D eigenvalue weighted by Crippen LogP contribution is -2.19. The van der Waals surface area contributed by atoms with Gasteiger partial charge in [-0.05, 0) is 30.3 Å². The molecule has 6 nitrogen and oxygen atoms in total. The summed E-state index contributed by atoms with van der Waals surface area (Å²) in [6, 6.07) is 11.4. The van der Waals surface area contributed by atoms with Crippen LogP contribution in [0.5, 0.6) is 17.2 Å². The molecule has 0 aliphatic heterocycles. The Morgan fingerprint density at radius 3 is 2.32 bits per heavy atom. The van der Waals surface area contributed by atoms with Crippen LogP contribution in [0.1, 0.15) is 10.4 Å². The molecule has 0 aliphatic carbocycles. The number of carbonyl (C=O) groups is 2. The van der Waals surface area contributed by atoms with Crippen molar-refractivity contribution < 1.29 is 28.5 Å².